The van der Waals surface area contributed by atoms with Crippen molar-refractivity contribution in [2.45, 2.75) is 12.8 Å². The van der Waals surface area contributed by atoms with E-state index in [9.17, 15) is 4.79 Å². The van der Waals surface area contributed by atoms with Crippen molar-refractivity contribution in [1.29, 1.82) is 0 Å². The summed E-state index contributed by atoms with van der Waals surface area (Å²) in [5, 5.41) is 0. The maximum Gasteiger partial charge on any atom is 0.143 e. The summed E-state index contributed by atoms with van der Waals surface area (Å²) in [6.45, 7) is 1.91. The number of hydrogen-bond donors (Lipinski definition) is 0. The van der Waals surface area contributed by atoms with Crippen LogP contribution in [0.4, 0.5) is 0 Å². The summed E-state index contributed by atoms with van der Waals surface area (Å²) in [7, 11) is 2.05. The molecule has 0 amide bonds. The molecule has 2 heterocycles. The molecule has 15 heavy (non-hydrogen) atoms. The second kappa shape index (κ2) is 4.49. The van der Waals surface area contributed by atoms with Gasteiger partial charge in [-0.05, 0) is 20.0 Å². The molecule has 1 aliphatic rings. The van der Waals surface area contributed by atoms with Crippen LogP contribution in [0, 0.1) is 5.92 Å². The molecular weight excluding hydrogens is 190 g/mol. The van der Waals surface area contributed by atoms with E-state index < -0.39 is 0 Å². The SMILES string of the molecule is CN1CCC(C(=O)Cc2cnccn2)C1. The van der Waals surface area contributed by atoms with Gasteiger partial charge in [-0.15, -0.1) is 0 Å². The predicted octanol–water partition coefficient (Wildman–Crippen LogP) is 0.540. The van der Waals surface area contributed by atoms with E-state index in [1.54, 1.807) is 18.6 Å². The molecule has 4 nitrogen and oxygen atoms in total. The number of carbonyl (C=O) groups excluding carboxylic acids is 1. The van der Waals surface area contributed by atoms with Crippen LogP contribution in [0.5, 0.6) is 0 Å². The lowest BCUT2D eigenvalue weighted by Gasteiger charge is -2.08. The Morgan fingerprint density at radius 2 is 2.47 bits per heavy atom. The highest BCUT2D eigenvalue weighted by Crippen LogP contribution is 2.16. The van der Waals surface area contributed by atoms with Gasteiger partial charge in [0, 0.05) is 31.1 Å². The van der Waals surface area contributed by atoms with Crippen LogP contribution in [0.25, 0.3) is 0 Å². The lowest BCUT2D eigenvalue weighted by Crippen LogP contribution is -2.21. The van der Waals surface area contributed by atoms with E-state index in [2.05, 4.69) is 21.9 Å². The summed E-state index contributed by atoms with van der Waals surface area (Å²) in [6, 6.07) is 0. The Balaban J connectivity index is 1.93. The summed E-state index contributed by atoms with van der Waals surface area (Å²) in [6.07, 6.45) is 6.32. The molecule has 4 heteroatoms. The third-order valence-corrected chi connectivity index (χ3v) is 2.82. The molecule has 1 aromatic rings. The summed E-state index contributed by atoms with van der Waals surface area (Å²) in [4.78, 5) is 22.1. The van der Waals surface area contributed by atoms with Crippen molar-refractivity contribution in [2.75, 3.05) is 20.1 Å². The van der Waals surface area contributed by atoms with E-state index in [0.29, 0.717) is 12.2 Å². The fourth-order valence-electron chi connectivity index (χ4n) is 1.94. The van der Waals surface area contributed by atoms with Crippen molar-refractivity contribution in [3.63, 3.8) is 0 Å². The molecule has 80 valence electrons. The Morgan fingerprint density at radius 1 is 1.60 bits per heavy atom. The second-order valence-electron chi connectivity index (χ2n) is 4.09. The van der Waals surface area contributed by atoms with E-state index in [0.717, 1.165) is 25.2 Å². The van der Waals surface area contributed by atoms with Crippen LogP contribution in [-0.2, 0) is 11.2 Å². The fourth-order valence-corrected chi connectivity index (χ4v) is 1.94. The van der Waals surface area contributed by atoms with Crippen LogP contribution in [-0.4, -0.2) is 40.8 Å². The van der Waals surface area contributed by atoms with Gasteiger partial charge in [0.15, 0.2) is 0 Å². The molecular formula is C11H15N3O. The van der Waals surface area contributed by atoms with E-state index in [-0.39, 0.29) is 5.92 Å². The van der Waals surface area contributed by atoms with Gasteiger partial charge in [-0.1, -0.05) is 0 Å². The normalized spacial score (nSPS) is 21.8. The van der Waals surface area contributed by atoms with Crippen molar-refractivity contribution in [3.05, 3.63) is 24.3 Å². The Kier molecular flexibility index (Phi) is 3.06. The van der Waals surface area contributed by atoms with Gasteiger partial charge in [-0.2, -0.15) is 0 Å². The van der Waals surface area contributed by atoms with Gasteiger partial charge >= 0.3 is 0 Å². The first-order chi connectivity index (χ1) is 7.25. The first-order valence-corrected chi connectivity index (χ1v) is 5.22. The quantitative estimate of drug-likeness (QED) is 0.722. The zero-order chi connectivity index (χ0) is 10.7. The van der Waals surface area contributed by atoms with Gasteiger partial charge in [0.05, 0.1) is 12.1 Å². The number of nitrogens with zero attached hydrogens (tertiary/aromatic N) is 3. The van der Waals surface area contributed by atoms with E-state index >= 15 is 0 Å². The Bertz CT molecular complexity index is 339. The average Bonchev–Trinajstić information content (AvgIpc) is 2.66. The van der Waals surface area contributed by atoms with Crippen molar-refractivity contribution < 1.29 is 4.79 Å². The summed E-state index contributed by atoms with van der Waals surface area (Å²) >= 11 is 0. The molecule has 1 fully saturated rings. The topological polar surface area (TPSA) is 46.1 Å². The summed E-state index contributed by atoms with van der Waals surface area (Å²) < 4.78 is 0. The number of rotatable bonds is 3. The molecule has 1 aromatic heterocycles. The van der Waals surface area contributed by atoms with Crippen LogP contribution >= 0.6 is 0 Å². The molecule has 1 unspecified atom stereocenters. The van der Waals surface area contributed by atoms with Crippen molar-refractivity contribution in [3.8, 4) is 0 Å². The molecule has 0 aromatic carbocycles. The van der Waals surface area contributed by atoms with Gasteiger partial charge in [-0.3, -0.25) is 14.8 Å². The Morgan fingerprint density at radius 3 is 3.07 bits per heavy atom. The predicted molar refractivity (Wildman–Crippen MR) is 56.3 cm³/mol. The molecule has 0 bridgehead atoms. The minimum Gasteiger partial charge on any atom is -0.306 e. The second-order valence-corrected chi connectivity index (χ2v) is 4.09. The number of aromatic nitrogens is 2. The molecule has 1 atom stereocenters. The van der Waals surface area contributed by atoms with Crippen molar-refractivity contribution in [1.82, 2.24) is 14.9 Å². The number of hydrogen-bond acceptors (Lipinski definition) is 4. The van der Waals surface area contributed by atoms with Gasteiger partial charge in [0.25, 0.3) is 0 Å². The minimum atomic E-state index is 0.192. The summed E-state index contributed by atoms with van der Waals surface area (Å²) in [5.74, 6) is 0.483. The van der Waals surface area contributed by atoms with Crippen LogP contribution in [0.2, 0.25) is 0 Å². The van der Waals surface area contributed by atoms with Gasteiger partial charge < -0.3 is 4.90 Å². The number of ketones is 1. The highest BCUT2D eigenvalue weighted by Gasteiger charge is 2.25. The molecule has 0 saturated carbocycles. The highest BCUT2D eigenvalue weighted by atomic mass is 16.1. The first-order valence-electron chi connectivity index (χ1n) is 5.22. The highest BCUT2D eigenvalue weighted by molar-refractivity contribution is 5.83. The zero-order valence-corrected chi connectivity index (χ0v) is 8.89. The number of likely N-dealkylation sites (tertiary alicyclic amines) is 1. The number of Topliss-reactive ketones (excluding diaryl/α,β-unsaturated/α-hetero) is 1. The van der Waals surface area contributed by atoms with Crippen LogP contribution in [0.1, 0.15) is 12.1 Å². The zero-order valence-electron chi connectivity index (χ0n) is 8.89. The van der Waals surface area contributed by atoms with Crippen molar-refractivity contribution in [2.24, 2.45) is 5.92 Å². The lowest BCUT2D eigenvalue weighted by molar-refractivity contribution is -0.121. The maximum absolute atomic E-state index is 11.9. The monoisotopic (exact) mass is 205 g/mol. The van der Waals surface area contributed by atoms with E-state index in [1.807, 2.05) is 0 Å². The third-order valence-electron chi connectivity index (χ3n) is 2.82. The largest absolute Gasteiger partial charge is 0.306 e. The first kappa shape index (κ1) is 10.2. The van der Waals surface area contributed by atoms with Crippen LogP contribution in [0.3, 0.4) is 0 Å². The average molecular weight is 205 g/mol. The van der Waals surface area contributed by atoms with Crippen LogP contribution < -0.4 is 0 Å². The van der Waals surface area contributed by atoms with E-state index in [4.69, 9.17) is 0 Å². The van der Waals surface area contributed by atoms with Crippen LogP contribution in [0.15, 0.2) is 18.6 Å². The smallest absolute Gasteiger partial charge is 0.143 e. The van der Waals surface area contributed by atoms with Crippen molar-refractivity contribution >= 4 is 5.78 Å². The van der Waals surface area contributed by atoms with E-state index in [1.165, 1.54) is 0 Å². The molecule has 0 radical (unpaired) electrons. The molecule has 0 N–H and O–H groups in total. The lowest BCUT2D eigenvalue weighted by atomic mass is 10.00. The molecule has 1 saturated heterocycles. The third kappa shape index (κ3) is 2.59. The molecule has 2 rings (SSSR count). The van der Waals surface area contributed by atoms with Gasteiger partial charge in [0.2, 0.25) is 0 Å². The minimum absolute atomic E-state index is 0.192. The molecule has 0 spiro atoms. The maximum atomic E-state index is 11.9. The molecule has 1 aliphatic heterocycles. The Labute approximate surface area is 89.3 Å². The van der Waals surface area contributed by atoms with Gasteiger partial charge in [-0.25, -0.2) is 0 Å². The Hall–Kier alpha value is -1.29. The number of carbonyl (C=O) groups is 1. The standard InChI is InChI=1S/C11H15N3O/c1-14-5-2-9(8-14)11(15)6-10-7-12-3-4-13-10/h3-4,7,9H,2,5-6,8H2,1H3. The summed E-state index contributed by atoms with van der Waals surface area (Å²) in [5.41, 5.74) is 0.775. The fraction of sp³-hybridized carbons (Fsp3) is 0.545. The molecule has 0 aliphatic carbocycles. The van der Waals surface area contributed by atoms with Gasteiger partial charge in [0.1, 0.15) is 5.78 Å².